The molecule has 2 aromatic carbocycles. The van der Waals surface area contributed by atoms with Crippen LogP contribution < -0.4 is 10.2 Å². The lowest BCUT2D eigenvalue weighted by molar-refractivity contribution is -0.113. The van der Waals surface area contributed by atoms with Crippen LogP contribution in [0.5, 0.6) is 5.75 Å². The standard InChI is InChI=1S/C22H25N5O2S/c1-26-21(16-9-11-17(28)12-10-16)24-25-22(26)30-15-20(29)23-18-7-3-4-8-19(18)27-13-5-2-6-14-27/h3-4,7-12,28H,2,5-6,13-15H2,1H3,(H,23,29). The number of piperidine rings is 1. The van der Waals surface area contributed by atoms with Crippen LogP contribution in [-0.2, 0) is 11.8 Å². The molecule has 1 aromatic heterocycles. The average molecular weight is 424 g/mol. The summed E-state index contributed by atoms with van der Waals surface area (Å²) in [6, 6.07) is 14.8. The summed E-state index contributed by atoms with van der Waals surface area (Å²) in [6.07, 6.45) is 3.65. The van der Waals surface area contributed by atoms with Crippen LogP contribution >= 0.6 is 11.8 Å². The van der Waals surface area contributed by atoms with Crippen molar-refractivity contribution >= 4 is 29.0 Å². The largest absolute Gasteiger partial charge is 0.508 e. The van der Waals surface area contributed by atoms with E-state index in [9.17, 15) is 9.90 Å². The second kappa shape index (κ2) is 9.21. The summed E-state index contributed by atoms with van der Waals surface area (Å²) >= 11 is 1.35. The summed E-state index contributed by atoms with van der Waals surface area (Å²) in [5.74, 6) is 1.07. The van der Waals surface area contributed by atoms with E-state index in [4.69, 9.17) is 0 Å². The lowest BCUT2D eigenvalue weighted by Gasteiger charge is -2.30. The molecule has 0 unspecified atom stereocenters. The molecule has 0 saturated carbocycles. The highest BCUT2D eigenvalue weighted by Gasteiger charge is 2.17. The molecule has 7 nitrogen and oxygen atoms in total. The second-order valence-electron chi connectivity index (χ2n) is 7.31. The number of nitrogens with one attached hydrogen (secondary N) is 1. The number of para-hydroxylation sites is 2. The fourth-order valence-electron chi connectivity index (χ4n) is 3.61. The van der Waals surface area contributed by atoms with Crippen LogP contribution in [0.4, 0.5) is 11.4 Å². The van der Waals surface area contributed by atoms with Gasteiger partial charge < -0.3 is 19.9 Å². The van der Waals surface area contributed by atoms with E-state index in [-0.39, 0.29) is 17.4 Å². The molecule has 1 fully saturated rings. The first kappa shape index (κ1) is 20.3. The number of hydrogen-bond donors (Lipinski definition) is 2. The fraction of sp³-hybridized carbons (Fsp3) is 0.318. The number of amides is 1. The molecule has 8 heteroatoms. The van der Waals surface area contributed by atoms with E-state index in [1.54, 1.807) is 24.3 Å². The Kier molecular flexibility index (Phi) is 6.23. The molecule has 1 saturated heterocycles. The summed E-state index contributed by atoms with van der Waals surface area (Å²) in [6.45, 7) is 2.06. The monoisotopic (exact) mass is 423 g/mol. The van der Waals surface area contributed by atoms with Crippen molar-refractivity contribution < 1.29 is 9.90 Å². The normalized spacial score (nSPS) is 14.0. The first-order valence-corrected chi connectivity index (χ1v) is 11.1. The van der Waals surface area contributed by atoms with E-state index in [2.05, 4.69) is 26.5 Å². The van der Waals surface area contributed by atoms with E-state index in [0.29, 0.717) is 11.0 Å². The number of anilines is 2. The van der Waals surface area contributed by atoms with Gasteiger partial charge in [-0.15, -0.1) is 10.2 Å². The molecule has 2 N–H and O–H groups in total. The number of phenols is 1. The van der Waals surface area contributed by atoms with Gasteiger partial charge in [-0.05, 0) is 55.7 Å². The molecule has 1 aliphatic heterocycles. The van der Waals surface area contributed by atoms with Crippen LogP contribution in [0.25, 0.3) is 11.4 Å². The van der Waals surface area contributed by atoms with Crippen LogP contribution in [0.15, 0.2) is 53.7 Å². The highest BCUT2D eigenvalue weighted by Crippen LogP contribution is 2.29. The van der Waals surface area contributed by atoms with Crippen LogP contribution in [-0.4, -0.2) is 44.6 Å². The molecule has 3 aromatic rings. The van der Waals surface area contributed by atoms with Gasteiger partial charge in [-0.25, -0.2) is 0 Å². The van der Waals surface area contributed by atoms with Crippen LogP contribution in [0.2, 0.25) is 0 Å². The van der Waals surface area contributed by atoms with Gasteiger partial charge in [0.05, 0.1) is 17.1 Å². The van der Waals surface area contributed by atoms with E-state index >= 15 is 0 Å². The number of carbonyl (C=O) groups excluding carboxylic acids is 1. The zero-order valence-corrected chi connectivity index (χ0v) is 17.7. The van der Waals surface area contributed by atoms with Crippen LogP contribution in [0.3, 0.4) is 0 Å². The molecule has 1 amide bonds. The minimum atomic E-state index is -0.0707. The zero-order chi connectivity index (χ0) is 20.9. The molecular formula is C22H25N5O2S. The van der Waals surface area contributed by atoms with Gasteiger partial charge in [0.25, 0.3) is 0 Å². The molecule has 2 heterocycles. The number of aromatic hydroxyl groups is 1. The third-order valence-electron chi connectivity index (χ3n) is 5.17. The van der Waals surface area contributed by atoms with Crippen molar-refractivity contribution in [2.45, 2.75) is 24.4 Å². The quantitative estimate of drug-likeness (QED) is 0.585. The molecule has 0 radical (unpaired) electrons. The van der Waals surface area contributed by atoms with Gasteiger partial charge >= 0.3 is 0 Å². The maximum atomic E-state index is 12.6. The average Bonchev–Trinajstić information content (AvgIpc) is 3.14. The van der Waals surface area contributed by atoms with Gasteiger partial charge in [0.15, 0.2) is 11.0 Å². The molecule has 4 rings (SSSR count). The minimum absolute atomic E-state index is 0.0707. The lowest BCUT2D eigenvalue weighted by atomic mass is 10.1. The molecular weight excluding hydrogens is 398 g/mol. The summed E-state index contributed by atoms with van der Waals surface area (Å²) < 4.78 is 1.85. The number of carbonyl (C=O) groups is 1. The number of phenolic OH excluding ortho intramolecular Hbond substituents is 1. The van der Waals surface area contributed by atoms with Crippen molar-refractivity contribution in [3.63, 3.8) is 0 Å². The minimum Gasteiger partial charge on any atom is -0.508 e. The Morgan fingerprint density at radius 2 is 1.80 bits per heavy atom. The zero-order valence-electron chi connectivity index (χ0n) is 16.9. The molecule has 156 valence electrons. The predicted octanol–water partition coefficient (Wildman–Crippen LogP) is 3.91. The van der Waals surface area contributed by atoms with Crippen molar-refractivity contribution in [2.75, 3.05) is 29.1 Å². The first-order chi connectivity index (χ1) is 14.6. The van der Waals surface area contributed by atoms with Gasteiger partial charge in [-0.2, -0.15) is 0 Å². The summed E-state index contributed by atoms with van der Waals surface area (Å²) in [5, 5.41) is 21.6. The van der Waals surface area contributed by atoms with Crippen molar-refractivity contribution in [2.24, 2.45) is 7.05 Å². The number of nitrogens with zero attached hydrogens (tertiary/aromatic N) is 4. The smallest absolute Gasteiger partial charge is 0.234 e. The third kappa shape index (κ3) is 4.59. The van der Waals surface area contributed by atoms with Gasteiger partial charge in [-0.1, -0.05) is 23.9 Å². The molecule has 0 bridgehead atoms. The van der Waals surface area contributed by atoms with Crippen LogP contribution in [0.1, 0.15) is 19.3 Å². The maximum absolute atomic E-state index is 12.6. The Morgan fingerprint density at radius 1 is 1.07 bits per heavy atom. The van der Waals surface area contributed by atoms with Crippen molar-refractivity contribution in [3.05, 3.63) is 48.5 Å². The Labute approximate surface area is 180 Å². The molecule has 30 heavy (non-hydrogen) atoms. The molecule has 0 aliphatic carbocycles. The van der Waals surface area contributed by atoms with E-state index in [1.165, 1.54) is 31.0 Å². The van der Waals surface area contributed by atoms with Crippen molar-refractivity contribution in [1.82, 2.24) is 14.8 Å². The summed E-state index contributed by atoms with van der Waals surface area (Å²) in [4.78, 5) is 15.0. The Morgan fingerprint density at radius 3 is 2.57 bits per heavy atom. The van der Waals surface area contributed by atoms with Gasteiger partial charge in [0, 0.05) is 25.7 Å². The van der Waals surface area contributed by atoms with E-state index in [0.717, 1.165) is 30.0 Å². The third-order valence-corrected chi connectivity index (χ3v) is 6.19. The Bertz CT molecular complexity index is 1010. The topological polar surface area (TPSA) is 83.3 Å². The van der Waals surface area contributed by atoms with E-state index < -0.39 is 0 Å². The molecule has 0 spiro atoms. The highest BCUT2D eigenvalue weighted by molar-refractivity contribution is 7.99. The molecule has 1 aliphatic rings. The number of rotatable bonds is 6. The Hall–Kier alpha value is -3.00. The fourth-order valence-corrected chi connectivity index (χ4v) is 4.32. The Balaban J connectivity index is 1.40. The van der Waals surface area contributed by atoms with Gasteiger partial charge in [0.1, 0.15) is 5.75 Å². The summed E-state index contributed by atoms with van der Waals surface area (Å²) in [5.41, 5.74) is 2.80. The maximum Gasteiger partial charge on any atom is 0.234 e. The van der Waals surface area contributed by atoms with Gasteiger partial charge in [0.2, 0.25) is 5.91 Å². The highest BCUT2D eigenvalue weighted by atomic mass is 32.2. The number of hydrogen-bond acceptors (Lipinski definition) is 6. The number of benzene rings is 2. The predicted molar refractivity (Wildman–Crippen MR) is 120 cm³/mol. The van der Waals surface area contributed by atoms with E-state index in [1.807, 2.05) is 29.8 Å². The number of aromatic nitrogens is 3. The van der Waals surface area contributed by atoms with Crippen molar-refractivity contribution in [3.8, 4) is 17.1 Å². The molecule has 0 atom stereocenters. The van der Waals surface area contributed by atoms with Gasteiger partial charge in [-0.3, -0.25) is 4.79 Å². The summed E-state index contributed by atoms with van der Waals surface area (Å²) in [7, 11) is 1.87. The van der Waals surface area contributed by atoms with Crippen LogP contribution in [0, 0.1) is 0 Å². The SMILES string of the molecule is Cn1c(SCC(=O)Nc2ccccc2N2CCCCC2)nnc1-c1ccc(O)cc1. The number of thioether (sulfide) groups is 1. The lowest BCUT2D eigenvalue weighted by Crippen LogP contribution is -2.30. The van der Waals surface area contributed by atoms with Crippen molar-refractivity contribution in [1.29, 1.82) is 0 Å². The second-order valence-corrected chi connectivity index (χ2v) is 8.26. The first-order valence-electron chi connectivity index (χ1n) is 10.1.